The summed E-state index contributed by atoms with van der Waals surface area (Å²) in [5, 5.41) is 11.6. The third-order valence-electron chi connectivity index (χ3n) is 5.13. The Morgan fingerprint density at radius 3 is 2.43 bits per heavy atom. The van der Waals surface area contributed by atoms with Gasteiger partial charge in [0.25, 0.3) is 0 Å². The Hall–Kier alpha value is -1.72. The minimum absolute atomic E-state index is 0. The molecule has 0 heterocycles. The van der Waals surface area contributed by atoms with Crippen molar-refractivity contribution < 1.29 is 12.8 Å². The molecule has 1 saturated carbocycles. The summed E-state index contributed by atoms with van der Waals surface area (Å²) in [4.78, 5) is 4.82. The summed E-state index contributed by atoms with van der Waals surface area (Å²) >= 11 is 0. The third-order valence-corrected chi connectivity index (χ3v) is 6.06. The first-order chi connectivity index (χ1) is 13.8. The van der Waals surface area contributed by atoms with Crippen molar-refractivity contribution in [2.24, 2.45) is 10.1 Å². The Bertz CT molecular complexity index is 977. The molecule has 0 aliphatic heterocycles. The molecule has 164 valence electrons. The first kappa shape index (κ1) is 24.5. The molecular weight excluding hydrogens is 518 g/mol. The maximum atomic E-state index is 13.6. The van der Waals surface area contributed by atoms with Crippen LogP contribution in [0.2, 0.25) is 0 Å². The molecule has 3 rings (SSSR count). The molecule has 0 spiro atoms. The van der Waals surface area contributed by atoms with Crippen LogP contribution in [0.1, 0.15) is 30.9 Å². The van der Waals surface area contributed by atoms with E-state index in [1.54, 1.807) is 24.3 Å². The highest BCUT2D eigenvalue weighted by Gasteiger charge is 2.44. The number of sulfonamides is 1. The number of nitrogens with one attached hydrogen (secondary N) is 2. The molecule has 0 aromatic heterocycles. The van der Waals surface area contributed by atoms with Crippen molar-refractivity contribution in [2.75, 3.05) is 19.6 Å². The largest absolute Gasteiger partial charge is 0.357 e. The average molecular weight is 546 g/mol. The van der Waals surface area contributed by atoms with Gasteiger partial charge >= 0.3 is 0 Å². The molecule has 2 aromatic rings. The average Bonchev–Trinajstić information content (AvgIpc) is 3.47. The van der Waals surface area contributed by atoms with Crippen molar-refractivity contribution in [3.63, 3.8) is 0 Å². The van der Waals surface area contributed by atoms with Crippen LogP contribution in [0.5, 0.6) is 0 Å². The molecule has 1 fully saturated rings. The first-order valence-corrected chi connectivity index (χ1v) is 11.3. The van der Waals surface area contributed by atoms with Crippen LogP contribution < -0.4 is 15.8 Å². The van der Waals surface area contributed by atoms with Gasteiger partial charge in [-0.2, -0.15) is 0 Å². The summed E-state index contributed by atoms with van der Waals surface area (Å²) in [5.74, 6) is 0.507. The standard InChI is InChI=1S/C21H27FN4O2S.HI/c1-2-24-20(25-13-10-16-6-8-19(9-7-16)29(23,27)28)26-15-21(11-12-21)17-4-3-5-18(22)14-17;/h3-9,14H,2,10-13,15H2,1H3,(H2,23,27,28)(H2,24,25,26);1H. The monoisotopic (exact) mass is 546 g/mol. The Balaban J connectivity index is 0.00000320. The van der Waals surface area contributed by atoms with Gasteiger partial charge in [0.15, 0.2) is 5.96 Å². The van der Waals surface area contributed by atoms with E-state index in [-0.39, 0.29) is 40.1 Å². The van der Waals surface area contributed by atoms with Crippen LogP contribution in [0.15, 0.2) is 58.4 Å². The van der Waals surface area contributed by atoms with Crippen LogP contribution in [0, 0.1) is 5.82 Å². The second-order valence-corrected chi connectivity index (χ2v) is 8.91. The number of halogens is 2. The second-order valence-electron chi connectivity index (χ2n) is 7.35. The molecule has 1 aliphatic carbocycles. The summed E-state index contributed by atoms with van der Waals surface area (Å²) in [6, 6.07) is 13.3. The lowest BCUT2D eigenvalue weighted by Gasteiger charge is -2.16. The van der Waals surface area contributed by atoms with Crippen LogP contribution in [0.25, 0.3) is 0 Å². The number of guanidine groups is 1. The predicted octanol–water partition coefficient (Wildman–Crippen LogP) is 2.92. The number of hydrogen-bond acceptors (Lipinski definition) is 3. The Labute approximate surface area is 194 Å². The Morgan fingerprint density at radius 1 is 1.17 bits per heavy atom. The Kier molecular flexibility index (Phi) is 8.62. The van der Waals surface area contributed by atoms with E-state index >= 15 is 0 Å². The zero-order valence-electron chi connectivity index (χ0n) is 16.9. The molecule has 9 heteroatoms. The fourth-order valence-electron chi connectivity index (χ4n) is 3.25. The van der Waals surface area contributed by atoms with E-state index in [1.807, 2.05) is 13.0 Å². The van der Waals surface area contributed by atoms with Crippen LogP contribution in [-0.2, 0) is 21.9 Å². The van der Waals surface area contributed by atoms with E-state index < -0.39 is 10.0 Å². The summed E-state index contributed by atoms with van der Waals surface area (Å²) < 4.78 is 36.2. The van der Waals surface area contributed by atoms with E-state index in [2.05, 4.69) is 10.6 Å². The van der Waals surface area contributed by atoms with Gasteiger partial charge in [-0.25, -0.2) is 17.9 Å². The minimum Gasteiger partial charge on any atom is -0.357 e. The van der Waals surface area contributed by atoms with Gasteiger partial charge in [0.1, 0.15) is 5.82 Å². The number of nitrogens with zero attached hydrogens (tertiary/aromatic N) is 1. The van der Waals surface area contributed by atoms with Crippen molar-refractivity contribution in [3.8, 4) is 0 Å². The molecule has 0 saturated heterocycles. The number of rotatable bonds is 8. The third kappa shape index (κ3) is 6.64. The SMILES string of the molecule is CCNC(=NCC1(c2cccc(F)c2)CC1)NCCc1ccc(S(N)(=O)=O)cc1.I. The Morgan fingerprint density at radius 2 is 1.87 bits per heavy atom. The van der Waals surface area contributed by atoms with E-state index in [0.29, 0.717) is 19.5 Å². The molecule has 4 N–H and O–H groups in total. The molecule has 1 aliphatic rings. The maximum absolute atomic E-state index is 13.6. The number of hydrogen-bond donors (Lipinski definition) is 3. The maximum Gasteiger partial charge on any atom is 0.238 e. The van der Waals surface area contributed by atoms with E-state index in [0.717, 1.165) is 36.5 Å². The fraction of sp³-hybridized carbons (Fsp3) is 0.381. The summed E-state index contributed by atoms with van der Waals surface area (Å²) in [7, 11) is -3.67. The molecule has 6 nitrogen and oxygen atoms in total. The van der Waals surface area contributed by atoms with Crippen LogP contribution in [0.3, 0.4) is 0 Å². The lowest BCUT2D eigenvalue weighted by atomic mass is 9.96. The zero-order chi connectivity index (χ0) is 20.9. The number of nitrogens with two attached hydrogens (primary N) is 1. The predicted molar refractivity (Wildman–Crippen MR) is 128 cm³/mol. The number of aliphatic imine (C=N–C) groups is 1. The van der Waals surface area contributed by atoms with Gasteiger partial charge in [-0.15, -0.1) is 24.0 Å². The summed E-state index contributed by atoms with van der Waals surface area (Å²) in [6.07, 6.45) is 2.73. The van der Waals surface area contributed by atoms with Gasteiger partial charge in [0.05, 0.1) is 11.4 Å². The molecule has 0 amide bonds. The molecule has 0 radical (unpaired) electrons. The fourth-order valence-corrected chi connectivity index (χ4v) is 3.77. The highest BCUT2D eigenvalue weighted by molar-refractivity contribution is 14.0. The first-order valence-electron chi connectivity index (χ1n) is 9.72. The van der Waals surface area contributed by atoms with E-state index in [1.165, 1.54) is 18.2 Å². The summed E-state index contributed by atoms with van der Waals surface area (Å²) in [5.41, 5.74) is 1.94. The van der Waals surface area contributed by atoms with Gasteiger partial charge in [0.2, 0.25) is 10.0 Å². The minimum atomic E-state index is -3.67. The van der Waals surface area contributed by atoms with Gasteiger partial charge in [-0.05, 0) is 61.6 Å². The number of primary sulfonamides is 1. The smallest absolute Gasteiger partial charge is 0.238 e. The quantitative estimate of drug-likeness (QED) is 0.270. The highest BCUT2D eigenvalue weighted by Crippen LogP contribution is 2.48. The van der Waals surface area contributed by atoms with Gasteiger partial charge in [-0.3, -0.25) is 4.99 Å². The lowest BCUT2D eigenvalue weighted by molar-refractivity contribution is 0.597. The second kappa shape index (κ2) is 10.5. The summed E-state index contributed by atoms with van der Waals surface area (Å²) in [6.45, 7) is 3.99. The van der Waals surface area contributed by atoms with Gasteiger partial charge < -0.3 is 10.6 Å². The topological polar surface area (TPSA) is 96.6 Å². The molecule has 0 atom stereocenters. The van der Waals surface area contributed by atoms with Gasteiger partial charge in [0, 0.05) is 18.5 Å². The van der Waals surface area contributed by atoms with Crippen molar-refractivity contribution in [2.45, 2.75) is 36.5 Å². The van der Waals surface area contributed by atoms with E-state index in [9.17, 15) is 12.8 Å². The molecule has 0 unspecified atom stereocenters. The van der Waals surface area contributed by atoms with Crippen molar-refractivity contribution in [1.29, 1.82) is 0 Å². The normalized spacial score (nSPS) is 15.2. The molecule has 0 bridgehead atoms. The number of benzene rings is 2. The van der Waals surface area contributed by atoms with Crippen molar-refractivity contribution in [1.82, 2.24) is 10.6 Å². The van der Waals surface area contributed by atoms with Crippen LogP contribution >= 0.6 is 24.0 Å². The molecule has 2 aromatic carbocycles. The zero-order valence-corrected chi connectivity index (χ0v) is 20.0. The van der Waals surface area contributed by atoms with Crippen molar-refractivity contribution >= 4 is 40.0 Å². The van der Waals surface area contributed by atoms with Crippen LogP contribution in [-0.4, -0.2) is 34.0 Å². The molecule has 30 heavy (non-hydrogen) atoms. The lowest BCUT2D eigenvalue weighted by Crippen LogP contribution is -2.39. The highest BCUT2D eigenvalue weighted by atomic mass is 127. The van der Waals surface area contributed by atoms with E-state index in [4.69, 9.17) is 10.1 Å². The molecular formula is C21H28FIN4O2S. The van der Waals surface area contributed by atoms with Crippen LogP contribution in [0.4, 0.5) is 4.39 Å². The van der Waals surface area contributed by atoms with Crippen molar-refractivity contribution in [3.05, 3.63) is 65.5 Å². The van der Waals surface area contributed by atoms with Gasteiger partial charge in [-0.1, -0.05) is 24.3 Å².